The number of allylic oxidation sites excluding steroid dienone is 8. The normalized spacial score (nSPS) is 12.4. The Balaban J connectivity index is 3.37. The van der Waals surface area contributed by atoms with E-state index in [1.807, 2.05) is 0 Å². The molecule has 1 N–H and O–H groups in total. The van der Waals surface area contributed by atoms with Crippen LogP contribution in [0.15, 0.2) is 48.6 Å². The minimum Gasteiger partial charge on any atom is -0.462 e. The standard InChI is InChI=1S/C76H142O5/c1-3-5-7-9-11-13-15-17-19-21-23-25-27-29-31-33-34-35-36-37-38-39-40-41-43-44-46-48-50-52-54-56-58-60-62-64-66-68-70-75(78)80-73-74(72-77)81-76(79)71-69-67-65-63-61-59-57-55-53-51-49-47-45-42-32-30-28-26-24-22-20-18-16-14-12-10-8-6-4-2/h6,8,12,14,18,20,24,26,74,77H,3-5,7,9-11,13,15-17,19,21-23,25,27-73H2,1-2H3/b8-6-,14-12-,20-18-,26-24-. The largest absolute Gasteiger partial charge is 0.462 e. The zero-order valence-electron chi connectivity index (χ0n) is 54.8. The number of unbranched alkanes of at least 4 members (excludes halogenated alkanes) is 53. The van der Waals surface area contributed by atoms with E-state index in [1.54, 1.807) is 0 Å². The Kier molecular flexibility index (Phi) is 70.2. The number of hydrogen-bond acceptors (Lipinski definition) is 5. The number of esters is 2. The average molecular weight is 1140 g/mol. The summed E-state index contributed by atoms with van der Waals surface area (Å²) in [6.07, 6.45) is 97.5. The lowest BCUT2D eigenvalue weighted by Crippen LogP contribution is -2.28. The van der Waals surface area contributed by atoms with Crippen molar-refractivity contribution in [3.05, 3.63) is 48.6 Å². The Morgan fingerprint density at radius 1 is 0.296 bits per heavy atom. The predicted octanol–water partition coefficient (Wildman–Crippen LogP) is 25.5. The van der Waals surface area contributed by atoms with Gasteiger partial charge in [-0.2, -0.15) is 0 Å². The second kappa shape index (κ2) is 72.1. The molecule has 0 bridgehead atoms. The molecule has 0 aromatic heterocycles. The number of ether oxygens (including phenoxy) is 2. The van der Waals surface area contributed by atoms with Crippen molar-refractivity contribution in [3.63, 3.8) is 0 Å². The van der Waals surface area contributed by atoms with Crippen LogP contribution in [0.25, 0.3) is 0 Å². The highest BCUT2D eigenvalue weighted by atomic mass is 16.6. The molecule has 0 aliphatic rings. The monoisotopic (exact) mass is 1140 g/mol. The molecule has 0 amide bonds. The average Bonchev–Trinajstić information content (AvgIpc) is 3.47. The zero-order chi connectivity index (χ0) is 58.4. The topological polar surface area (TPSA) is 72.8 Å². The Morgan fingerprint density at radius 3 is 0.802 bits per heavy atom. The maximum atomic E-state index is 12.4. The van der Waals surface area contributed by atoms with Gasteiger partial charge in [0.1, 0.15) is 6.61 Å². The Morgan fingerprint density at radius 2 is 0.531 bits per heavy atom. The first-order valence-corrected chi connectivity index (χ1v) is 36.7. The van der Waals surface area contributed by atoms with Crippen LogP contribution in [0.5, 0.6) is 0 Å². The van der Waals surface area contributed by atoms with E-state index in [4.69, 9.17) is 9.47 Å². The highest BCUT2D eigenvalue weighted by molar-refractivity contribution is 5.70. The summed E-state index contributed by atoms with van der Waals surface area (Å²) in [5.41, 5.74) is 0. The van der Waals surface area contributed by atoms with Gasteiger partial charge in [0.25, 0.3) is 0 Å². The maximum Gasteiger partial charge on any atom is 0.306 e. The van der Waals surface area contributed by atoms with E-state index in [1.165, 1.54) is 321 Å². The van der Waals surface area contributed by atoms with Crippen molar-refractivity contribution >= 4 is 11.9 Å². The van der Waals surface area contributed by atoms with Gasteiger partial charge in [-0.15, -0.1) is 0 Å². The summed E-state index contributed by atoms with van der Waals surface area (Å²) in [6, 6.07) is 0. The fraction of sp³-hybridized carbons (Fsp3) is 0.868. The highest BCUT2D eigenvalue weighted by Crippen LogP contribution is 2.20. The van der Waals surface area contributed by atoms with Crippen molar-refractivity contribution in [3.8, 4) is 0 Å². The molecule has 0 aromatic rings. The molecule has 0 fully saturated rings. The lowest BCUT2D eigenvalue weighted by molar-refractivity contribution is -0.161. The molecule has 1 atom stereocenters. The summed E-state index contributed by atoms with van der Waals surface area (Å²) >= 11 is 0. The molecule has 0 aliphatic heterocycles. The SMILES string of the molecule is CC/C=C\C/C=C\C/C=C\C/C=C\CCCCCCCCCCCCCCCCCCC(=O)OC(CO)COC(=O)CCCCCCCCCCCCCCCCCCCCCCCCCCCCCCCCCCCCCCCC. The molecule has 476 valence electrons. The lowest BCUT2D eigenvalue weighted by Gasteiger charge is -2.15. The summed E-state index contributed by atoms with van der Waals surface area (Å²) in [5, 5.41) is 9.71. The van der Waals surface area contributed by atoms with Crippen LogP contribution >= 0.6 is 0 Å². The van der Waals surface area contributed by atoms with Crippen LogP contribution in [0.3, 0.4) is 0 Å². The summed E-state index contributed by atoms with van der Waals surface area (Å²) in [6.45, 7) is 4.09. The van der Waals surface area contributed by atoms with Crippen LogP contribution in [0.4, 0.5) is 0 Å². The van der Waals surface area contributed by atoms with Gasteiger partial charge in [0.05, 0.1) is 6.61 Å². The second-order valence-electron chi connectivity index (χ2n) is 25.0. The van der Waals surface area contributed by atoms with Crippen LogP contribution in [-0.4, -0.2) is 36.4 Å². The van der Waals surface area contributed by atoms with Crippen LogP contribution in [0.1, 0.15) is 406 Å². The van der Waals surface area contributed by atoms with Crippen molar-refractivity contribution in [1.82, 2.24) is 0 Å². The molecule has 0 rings (SSSR count). The van der Waals surface area contributed by atoms with Gasteiger partial charge in [0.15, 0.2) is 6.10 Å². The lowest BCUT2D eigenvalue weighted by atomic mass is 10.0. The molecule has 0 radical (unpaired) electrons. The molecule has 5 heteroatoms. The molecule has 0 saturated carbocycles. The van der Waals surface area contributed by atoms with Gasteiger partial charge in [0.2, 0.25) is 0 Å². The molecular formula is C76H142O5. The van der Waals surface area contributed by atoms with E-state index in [2.05, 4.69) is 62.5 Å². The van der Waals surface area contributed by atoms with E-state index in [-0.39, 0.29) is 25.2 Å². The molecular weight excluding hydrogens is 993 g/mol. The molecule has 1 unspecified atom stereocenters. The summed E-state index contributed by atoms with van der Waals surface area (Å²) in [4.78, 5) is 24.7. The molecule has 5 nitrogen and oxygen atoms in total. The molecule has 0 aliphatic carbocycles. The Hall–Kier alpha value is -2.14. The van der Waals surface area contributed by atoms with Gasteiger partial charge < -0.3 is 14.6 Å². The molecule has 81 heavy (non-hydrogen) atoms. The minimum atomic E-state index is -0.772. The van der Waals surface area contributed by atoms with E-state index >= 15 is 0 Å². The number of carbonyl (C=O) groups is 2. The third-order valence-electron chi connectivity index (χ3n) is 16.9. The third-order valence-corrected chi connectivity index (χ3v) is 16.9. The predicted molar refractivity (Wildman–Crippen MR) is 357 cm³/mol. The third kappa shape index (κ3) is 70.3. The smallest absolute Gasteiger partial charge is 0.306 e. The van der Waals surface area contributed by atoms with Crippen molar-refractivity contribution in [1.29, 1.82) is 0 Å². The van der Waals surface area contributed by atoms with Crippen molar-refractivity contribution < 1.29 is 24.2 Å². The van der Waals surface area contributed by atoms with E-state index in [0.29, 0.717) is 12.8 Å². The van der Waals surface area contributed by atoms with E-state index in [0.717, 1.165) is 57.8 Å². The van der Waals surface area contributed by atoms with E-state index < -0.39 is 6.10 Å². The molecule has 0 saturated heterocycles. The number of aliphatic hydroxyl groups is 1. The zero-order valence-corrected chi connectivity index (χ0v) is 54.8. The Labute approximate surface area is 507 Å². The van der Waals surface area contributed by atoms with Gasteiger partial charge in [-0.05, 0) is 51.4 Å². The molecule has 0 heterocycles. The van der Waals surface area contributed by atoms with Crippen LogP contribution in [0.2, 0.25) is 0 Å². The maximum absolute atomic E-state index is 12.4. The fourth-order valence-electron chi connectivity index (χ4n) is 11.4. The van der Waals surface area contributed by atoms with Gasteiger partial charge >= 0.3 is 11.9 Å². The number of aliphatic hydroxyl groups excluding tert-OH is 1. The minimum absolute atomic E-state index is 0.0605. The molecule has 0 aromatic carbocycles. The van der Waals surface area contributed by atoms with Crippen LogP contribution in [0, 0.1) is 0 Å². The first kappa shape index (κ1) is 78.9. The van der Waals surface area contributed by atoms with E-state index in [9.17, 15) is 14.7 Å². The Bertz CT molecular complexity index is 1330. The van der Waals surface area contributed by atoms with Gasteiger partial charge in [-0.1, -0.05) is 390 Å². The number of rotatable bonds is 69. The second-order valence-corrected chi connectivity index (χ2v) is 25.0. The van der Waals surface area contributed by atoms with Crippen molar-refractivity contribution in [2.75, 3.05) is 13.2 Å². The van der Waals surface area contributed by atoms with Gasteiger partial charge in [0, 0.05) is 12.8 Å². The fourth-order valence-corrected chi connectivity index (χ4v) is 11.4. The van der Waals surface area contributed by atoms with Crippen molar-refractivity contribution in [2.45, 2.75) is 412 Å². The van der Waals surface area contributed by atoms with Crippen LogP contribution < -0.4 is 0 Å². The first-order valence-electron chi connectivity index (χ1n) is 36.7. The summed E-state index contributed by atoms with van der Waals surface area (Å²) < 4.78 is 10.8. The summed E-state index contributed by atoms with van der Waals surface area (Å²) in [7, 11) is 0. The van der Waals surface area contributed by atoms with Gasteiger partial charge in [-0.3, -0.25) is 9.59 Å². The number of carbonyl (C=O) groups excluding carboxylic acids is 2. The van der Waals surface area contributed by atoms with Crippen molar-refractivity contribution in [2.24, 2.45) is 0 Å². The first-order chi connectivity index (χ1) is 40.1. The highest BCUT2D eigenvalue weighted by Gasteiger charge is 2.16. The number of hydrogen-bond donors (Lipinski definition) is 1. The van der Waals surface area contributed by atoms with Crippen LogP contribution in [-0.2, 0) is 19.1 Å². The summed E-state index contributed by atoms with van der Waals surface area (Å²) in [5.74, 6) is -0.568. The quantitative estimate of drug-likeness (QED) is 0.0373. The van der Waals surface area contributed by atoms with Gasteiger partial charge in [-0.25, -0.2) is 0 Å². The molecule has 0 spiro atoms.